The van der Waals surface area contributed by atoms with Gasteiger partial charge in [0.15, 0.2) is 6.29 Å². The van der Waals surface area contributed by atoms with Crippen LogP contribution in [-0.2, 0) is 9.47 Å². The first-order valence-corrected chi connectivity index (χ1v) is 3.88. The summed E-state index contributed by atoms with van der Waals surface area (Å²) in [7, 11) is 5.08. The van der Waals surface area contributed by atoms with Crippen molar-refractivity contribution in [2.75, 3.05) is 27.8 Å². The van der Waals surface area contributed by atoms with E-state index in [9.17, 15) is 0 Å². The third-order valence-electron chi connectivity index (χ3n) is 1.38. The van der Waals surface area contributed by atoms with Gasteiger partial charge < -0.3 is 14.4 Å². The lowest BCUT2D eigenvalue weighted by Gasteiger charge is -2.04. The molecule has 0 fully saturated rings. The minimum absolute atomic E-state index is 0.0648. The van der Waals surface area contributed by atoms with Gasteiger partial charge in [-0.05, 0) is 13.8 Å². The van der Waals surface area contributed by atoms with Gasteiger partial charge in [0.25, 0.3) is 0 Å². The fraction of sp³-hybridized carbons (Fsp3) is 0.875. The smallest absolute Gasteiger partial charge is 0.154 e. The monoisotopic (exact) mass is 176 g/mol. The van der Waals surface area contributed by atoms with E-state index >= 15 is 0 Å². The van der Waals surface area contributed by atoms with E-state index in [1.807, 2.05) is 20.9 Å². The molecule has 0 amide bonds. The zero-order valence-electron chi connectivity index (χ0n) is 8.63. The van der Waals surface area contributed by atoms with Crippen molar-refractivity contribution in [3.8, 4) is 0 Å². The molecule has 0 aliphatic rings. The van der Waals surface area contributed by atoms with Crippen molar-refractivity contribution >= 4 is 6.34 Å². The molecule has 4 nitrogen and oxygen atoms in total. The standard InChI is InChI=1S/C4H10N2.C4H10O2/c1-3-6(2)4-5;1-4(5-2)6-3/h4-5H,3H2,1-2H3;4H,1-3H3. The number of hydrogen-bond donors (Lipinski definition) is 1. The molecule has 0 saturated heterocycles. The number of ether oxygens (including phenoxy) is 2. The summed E-state index contributed by atoms with van der Waals surface area (Å²) in [5.74, 6) is 0. The molecule has 0 saturated carbocycles. The topological polar surface area (TPSA) is 45.6 Å². The maximum atomic E-state index is 6.61. The Morgan fingerprint density at radius 3 is 1.83 bits per heavy atom. The quantitative estimate of drug-likeness (QED) is 0.397. The van der Waals surface area contributed by atoms with Gasteiger partial charge in [0.05, 0.1) is 6.34 Å². The Kier molecular flexibility index (Phi) is 12.1. The van der Waals surface area contributed by atoms with Gasteiger partial charge in [-0.3, -0.25) is 5.41 Å². The van der Waals surface area contributed by atoms with Gasteiger partial charge in [-0.1, -0.05) is 0 Å². The molecule has 12 heavy (non-hydrogen) atoms. The molecule has 0 radical (unpaired) electrons. The maximum Gasteiger partial charge on any atom is 0.154 e. The zero-order valence-corrected chi connectivity index (χ0v) is 8.63. The molecule has 1 N–H and O–H groups in total. The van der Waals surface area contributed by atoms with Gasteiger partial charge >= 0.3 is 0 Å². The molecule has 0 aromatic heterocycles. The molecule has 0 unspecified atom stereocenters. The number of hydrogen-bond acceptors (Lipinski definition) is 3. The number of nitrogens with zero attached hydrogens (tertiary/aromatic N) is 1. The summed E-state index contributed by atoms with van der Waals surface area (Å²) in [5, 5.41) is 6.61. The summed E-state index contributed by atoms with van der Waals surface area (Å²) < 4.78 is 9.35. The van der Waals surface area contributed by atoms with E-state index in [1.165, 1.54) is 6.34 Å². The number of rotatable bonds is 4. The van der Waals surface area contributed by atoms with Gasteiger partial charge in [-0.25, -0.2) is 0 Å². The van der Waals surface area contributed by atoms with E-state index < -0.39 is 0 Å². The Balaban J connectivity index is 0. The average molecular weight is 176 g/mol. The van der Waals surface area contributed by atoms with Gasteiger partial charge in [0.2, 0.25) is 0 Å². The van der Waals surface area contributed by atoms with Crippen molar-refractivity contribution < 1.29 is 9.47 Å². The Bertz CT molecular complexity index is 95.1. The Labute approximate surface area is 75.0 Å². The van der Waals surface area contributed by atoms with Crippen LogP contribution < -0.4 is 0 Å². The molecule has 0 rings (SSSR count). The zero-order chi connectivity index (χ0) is 9.98. The second-order valence-electron chi connectivity index (χ2n) is 2.24. The van der Waals surface area contributed by atoms with Crippen LogP contribution in [0.4, 0.5) is 0 Å². The second kappa shape index (κ2) is 10.4. The highest BCUT2D eigenvalue weighted by atomic mass is 16.7. The van der Waals surface area contributed by atoms with E-state index in [4.69, 9.17) is 5.41 Å². The van der Waals surface area contributed by atoms with Gasteiger partial charge in [0, 0.05) is 27.8 Å². The van der Waals surface area contributed by atoms with E-state index in [1.54, 1.807) is 19.1 Å². The normalized spacial score (nSPS) is 8.83. The maximum absolute atomic E-state index is 6.61. The minimum Gasteiger partial charge on any atom is -0.366 e. The minimum atomic E-state index is -0.0648. The highest BCUT2D eigenvalue weighted by Crippen LogP contribution is 1.82. The van der Waals surface area contributed by atoms with Crippen LogP contribution in [0.25, 0.3) is 0 Å². The van der Waals surface area contributed by atoms with Crippen molar-refractivity contribution in [3.63, 3.8) is 0 Å². The number of methoxy groups -OCH3 is 2. The Hall–Kier alpha value is -0.610. The van der Waals surface area contributed by atoms with Crippen molar-refractivity contribution in [2.45, 2.75) is 20.1 Å². The molecule has 0 heterocycles. The van der Waals surface area contributed by atoms with Crippen molar-refractivity contribution in [1.29, 1.82) is 5.41 Å². The summed E-state index contributed by atoms with van der Waals surface area (Å²) in [5.41, 5.74) is 0. The molecule has 0 aromatic rings. The number of nitrogens with one attached hydrogen (secondary N) is 1. The van der Waals surface area contributed by atoms with Gasteiger partial charge in [-0.2, -0.15) is 0 Å². The van der Waals surface area contributed by atoms with Gasteiger partial charge in [0.1, 0.15) is 0 Å². The fourth-order valence-corrected chi connectivity index (χ4v) is 0.188. The van der Waals surface area contributed by atoms with Crippen LogP contribution in [0.1, 0.15) is 13.8 Å². The van der Waals surface area contributed by atoms with Crippen LogP contribution in [0.5, 0.6) is 0 Å². The summed E-state index contributed by atoms with van der Waals surface area (Å²) in [6.07, 6.45) is 1.24. The van der Waals surface area contributed by atoms with Crippen LogP contribution in [0.2, 0.25) is 0 Å². The lowest BCUT2D eigenvalue weighted by Crippen LogP contribution is -2.13. The van der Waals surface area contributed by atoms with E-state index in [-0.39, 0.29) is 6.29 Å². The molecule has 74 valence electrons. The first-order valence-electron chi connectivity index (χ1n) is 3.88. The Morgan fingerprint density at radius 2 is 1.83 bits per heavy atom. The molecule has 0 aliphatic heterocycles. The van der Waals surface area contributed by atoms with Crippen LogP contribution in [0.3, 0.4) is 0 Å². The highest BCUT2D eigenvalue weighted by molar-refractivity contribution is 5.49. The average Bonchev–Trinajstić information content (AvgIpc) is 2.16. The molecule has 0 spiro atoms. The van der Waals surface area contributed by atoms with Crippen molar-refractivity contribution in [3.05, 3.63) is 0 Å². The van der Waals surface area contributed by atoms with Crippen molar-refractivity contribution in [2.24, 2.45) is 0 Å². The molecule has 4 heteroatoms. The molecule has 0 atom stereocenters. The molecular weight excluding hydrogens is 156 g/mol. The van der Waals surface area contributed by atoms with Crippen LogP contribution >= 0.6 is 0 Å². The summed E-state index contributed by atoms with van der Waals surface area (Å²) >= 11 is 0. The van der Waals surface area contributed by atoms with E-state index in [0.717, 1.165) is 6.54 Å². The molecular formula is C8H20N2O2. The van der Waals surface area contributed by atoms with Crippen LogP contribution in [-0.4, -0.2) is 45.3 Å². The third-order valence-corrected chi connectivity index (χ3v) is 1.38. The largest absolute Gasteiger partial charge is 0.366 e. The van der Waals surface area contributed by atoms with E-state index in [0.29, 0.717) is 0 Å². The highest BCUT2D eigenvalue weighted by Gasteiger charge is 1.87. The molecule has 0 bridgehead atoms. The first-order chi connectivity index (χ1) is 5.62. The lowest BCUT2D eigenvalue weighted by molar-refractivity contribution is -0.0877. The fourth-order valence-electron chi connectivity index (χ4n) is 0.188. The van der Waals surface area contributed by atoms with Gasteiger partial charge in [-0.15, -0.1) is 0 Å². The van der Waals surface area contributed by atoms with Crippen LogP contribution in [0, 0.1) is 5.41 Å². The SMILES string of the molecule is CCN(C)C=N.COC(C)OC. The van der Waals surface area contributed by atoms with Crippen LogP contribution in [0.15, 0.2) is 0 Å². The lowest BCUT2D eigenvalue weighted by atomic mass is 10.7. The Morgan fingerprint density at radius 1 is 1.42 bits per heavy atom. The predicted molar refractivity (Wildman–Crippen MR) is 50.6 cm³/mol. The summed E-state index contributed by atoms with van der Waals surface area (Å²) in [6.45, 7) is 4.76. The van der Waals surface area contributed by atoms with Crippen molar-refractivity contribution in [1.82, 2.24) is 4.90 Å². The predicted octanol–water partition coefficient (Wildman–Crippen LogP) is 1.17. The molecule has 0 aliphatic carbocycles. The first kappa shape index (κ1) is 13.9. The second-order valence-corrected chi connectivity index (χ2v) is 2.24. The summed E-state index contributed by atoms with van der Waals surface area (Å²) in [4.78, 5) is 1.79. The summed E-state index contributed by atoms with van der Waals surface area (Å²) in [6, 6.07) is 0. The van der Waals surface area contributed by atoms with E-state index in [2.05, 4.69) is 9.47 Å². The molecule has 0 aromatic carbocycles. The third kappa shape index (κ3) is 12.1.